The Labute approximate surface area is 140 Å². The third-order valence-electron chi connectivity index (χ3n) is 3.21. The van der Waals surface area contributed by atoms with Gasteiger partial charge in [0.2, 0.25) is 0 Å². The van der Waals surface area contributed by atoms with Crippen LogP contribution in [-0.2, 0) is 9.53 Å². The quantitative estimate of drug-likeness (QED) is 0.502. The number of ether oxygens (including phenoxy) is 2. The predicted octanol–water partition coefficient (Wildman–Crippen LogP) is 2.31. The van der Waals surface area contributed by atoms with Crippen LogP contribution < -0.4 is 10.2 Å². The van der Waals surface area contributed by atoms with Crippen LogP contribution in [0.1, 0.15) is 21.5 Å². The molecule has 0 atom stereocenters. The molecule has 124 valence electrons. The second kappa shape index (κ2) is 8.47. The fraction of sp³-hybridized carbons (Fsp3) is 0.167. The molecule has 6 nitrogen and oxygen atoms in total. The molecule has 0 fully saturated rings. The SMILES string of the molecule is COC(=O)COc1cccc(/C=N/NC(=O)c2ccccc2C)c1. The maximum atomic E-state index is 12.0. The van der Waals surface area contributed by atoms with Crippen LogP contribution in [0.3, 0.4) is 0 Å². The van der Waals surface area contributed by atoms with E-state index in [0.29, 0.717) is 11.3 Å². The first-order chi connectivity index (χ1) is 11.6. The first kappa shape index (κ1) is 17.2. The summed E-state index contributed by atoms with van der Waals surface area (Å²) in [5.41, 5.74) is 4.66. The standard InChI is InChI=1S/C18H18N2O4/c1-13-6-3-4-9-16(13)18(22)20-19-11-14-7-5-8-15(10-14)24-12-17(21)23-2/h3-11H,12H2,1-2H3,(H,20,22)/b19-11+. The van der Waals surface area contributed by atoms with Gasteiger partial charge in [-0.2, -0.15) is 5.10 Å². The molecule has 0 aliphatic rings. The maximum absolute atomic E-state index is 12.0. The van der Waals surface area contributed by atoms with E-state index >= 15 is 0 Å². The van der Waals surface area contributed by atoms with Crippen molar-refractivity contribution in [2.45, 2.75) is 6.92 Å². The number of nitrogens with zero attached hydrogens (tertiary/aromatic N) is 1. The molecule has 0 saturated carbocycles. The van der Waals surface area contributed by atoms with Crippen molar-refractivity contribution in [1.29, 1.82) is 0 Å². The number of rotatable bonds is 6. The van der Waals surface area contributed by atoms with Crippen molar-refractivity contribution in [3.63, 3.8) is 0 Å². The first-order valence-corrected chi connectivity index (χ1v) is 7.29. The molecule has 0 bridgehead atoms. The van der Waals surface area contributed by atoms with Gasteiger partial charge in [-0.3, -0.25) is 4.79 Å². The van der Waals surface area contributed by atoms with Crippen LogP contribution in [0.25, 0.3) is 0 Å². The number of nitrogens with one attached hydrogen (secondary N) is 1. The summed E-state index contributed by atoms with van der Waals surface area (Å²) < 4.78 is 9.80. The van der Waals surface area contributed by atoms with E-state index in [1.165, 1.54) is 13.3 Å². The molecule has 2 aromatic carbocycles. The number of carbonyl (C=O) groups is 2. The number of hydrogen-bond donors (Lipinski definition) is 1. The lowest BCUT2D eigenvalue weighted by Crippen LogP contribution is -2.18. The maximum Gasteiger partial charge on any atom is 0.343 e. The van der Waals surface area contributed by atoms with Gasteiger partial charge in [0.25, 0.3) is 5.91 Å². The topological polar surface area (TPSA) is 77.0 Å². The van der Waals surface area contributed by atoms with Crippen molar-refractivity contribution in [1.82, 2.24) is 5.43 Å². The Hall–Kier alpha value is -3.15. The van der Waals surface area contributed by atoms with Crippen molar-refractivity contribution >= 4 is 18.1 Å². The van der Waals surface area contributed by atoms with Gasteiger partial charge in [0.05, 0.1) is 13.3 Å². The third kappa shape index (κ3) is 4.95. The van der Waals surface area contributed by atoms with Gasteiger partial charge < -0.3 is 9.47 Å². The van der Waals surface area contributed by atoms with Crippen molar-refractivity contribution in [2.75, 3.05) is 13.7 Å². The van der Waals surface area contributed by atoms with Crippen LogP contribution in [0.5, 0.6) is 5.75 Å². The highest BCUT2D eigenvalue weighted by atomic mass is 16.6. The average Bonchev–Trinajstić information content (AvgIpc) is 2.60. The van der Waals surface area contributed by atoms with E-state index in [2.05, 4.69) is 15.3 Å². The molecule has 0 unspecified atom stereocenters. The van der Waals surface area contributed by atoms with Crippen LogP contribution in [-0.4, -0.2) is 31.8 Å². The molecule has 6 heteroatoms. The molecule has 0 aromatic heterocycles. The second-order valence-corrected chi connectivity index (χ2v) is 4.95. The van der Waals surface area contributed by atoms with E-state index in [1.807, 2.05) is 19.1 Å². The number of esters is 1. The zero-order valence-corrected chi connectivity index (χ0v) is 13.5. The fourth-order valence-electron chi connectivity index (χ4n) is 1.94. The second-order valence-electron chi connectivity index (χ2n) is 4.95. The number of methoxy groups -OCH3 is 1. The number of carbonyl (C=O) groups excluding carboxylic acids is 2. The molecule has 1 N–H and O–H groups in total. The zero-order valence-electron chi connectivity index (χ0n) is 13.5. The van der Waals surface area contributed by atoms with Gasteiger partial charge in [-0.15, -0.1) is 0 Å². The first-order valence-electron chi connectivity index (χ1n) is 7.29. The summed E-state index contributed by atoms with van der Waals surface area (Å²) in [7, 11) is 1.30. The van der Waals surface area contributed by atoms with Crippen molar-refractivity contribution in [2.24, 2.45) is 5.10 Å². The Bertz CT molecular complexity index is 756. The zero-order chi connectivity index (χ0) is 17.4. The highest BCUT2D eigenvalue weighted by Crippen LogP contribution is 2.12. The summed E-state index contributed by atoms with van der Waals surface area (Å²) in [6.45, 7) is 1.70. The molecule has 24 heavy (non-hydrogen) atoms. The molecule has 2 rings (SSSR count). The Balaban J connectivity index is 1.95. The highest BCUT2D eigenvalue weighted by molar-refractivity contribution is 5.96. The van der Waals surface area contributed by atoms with E-state index in [9.17, 15) is 9.59 Å². The molecular formula is C18H18N2O4. The fourth-order valence-corrected chi connectivity index (χ4v) is 1.94. The molecule has 0 spiro atoms. The molecular weight excluding hydrogens is 308 g/mol. The third-order valence-corrected chi connectivity index (χ3v) is 3.21. The number of benzene rings is 2. The lowest BCUT2D eigenvalue weighted by Gasteiger charge is -2.05. The normalized spacial score (nSPS) is 10.4. The summed E-state index contributed by atoms with van der Waals surface area (Å²) in [6, 6.07) is 14.2. The summed E-state index contributed by atoms with van der Waals surface area (Å²) >= 11 is 0. The molecule has 2 aromatic rings. The summed E-state index contributed by atoms with van der Waals surface area (Å²) in [5, 5.41) is 3.94. The molecule has 0 aliphatic carbocycles. The highest BCUT2D eigenvalue weighted by Gasteiger charge is 2.06. The lowest BCUT2D eigenvalue weighted by molar-refractivity contribution is -0.142. The Kier molecular flexibility index (Phi) is 6.08. The number of aryl methyl sites for hydroxylation is 1. The van der Waals surface area contributed by atoms with Crippen LogP contribution in [0.2, 0.25) is 0 Å². The Morgan fingerprint density at radius 3 is 2.71 bits per heavy atom. The summed E-state index contributed by atoms with van der Waals surface area (Å²) in [6.07, 6.45) is 1.50. The van der Waals surface area contributed by atoms with E-state index in [1.54, 1.807) is 36.4 Å². The largest absolute Gasteiger partial charge is 0.482 e. The smallest absolute Gasteiger partial charge is 0.343 e. The Morgan fingerprint density at radius 2 is 1.96 bits per heavy atom. The molecule has 0 aliphatic heterocycles. The van der Waals surface area contributed by atoms with Gasteiger partial charge in [0, 0.05) is 5.56 Å². The van der Waals surface area contributed by atoms with Gasteiger partial charge in [-0.05, 0) is 36.2 Å². The number of hydrazone groups is 1. The van der Waals surface area contributed by atoms with Crippen LogP contribution in [0.4, 0.5) is 0 Å². The van der Waals surface area contributed by atoms with Crippen molar-refractivity contribution in [3.05, 3.63) is 65.2 Å². The van der Waals surface area contributed by atoms with Gasteiger partial charge >= 0.3 is 5.97 Å². The van der Waals surface area contributed by atoms with Crippen LogP contribution in [0.15, 0.2) is 53.6 Å². The van der Waals surface area contributed by atoms with Gasteiger partial charge in [0.1, 0.15) is 5.75 Å². The van der Waals surface area contributed by atoms with E-state index in [-0.39, 0.29) is 12.5 Å². The number of amides is 1. The predicted molar refractivity (Wildman–Crippen MR) is 90.2 cm³/mol. The van der Waals surface area contributed by atoms with Gasteiger partial charge in [0.15, 0.2) is 6.61 Å². The van der Waals surface area contributed by atoms with E-state index in [0.717, 1.165) is 11.1 Å². The van der Waals surface area contributed by atoms with E-state index in [4.69, 9.17) is 4.74 Å². The Morgan fingerprint density at radius 1 is 1.17 bits per heavy atom. The van der Waals surface area contributed by atoms with Crippen molar-refractivity contribution in [3.8, 4) is 5.75 Å². The summed E-state index contributed by atoms with van der Waals surface area (Å²) in [5.74, 6) is -0.225. The molecule has 1 amide bonds. The minimum absolute atomic E-state index is 0.166. The number of hydrogen-bond acceptors (Lipinski definition) is 5. The molecule has 0 radical (unpaired) electrons. The lowest BCUT2D eigenvalue weighted by atomic mass is 10.1. The van der Waals surface area contributed by atoms with Crippen LogP contribution in [0, 0.1) is 6.92 Å². The average molecular weight is 326 g/mol. The minimum Gasteiger partial charge on any atom is -0.482 e. The van der Waals surface area contributed by atoms with Gasteiger partial charge in [-0.1, -0.05) is 30.3 Å². The van der Waals surface area contributed by atoms with E-state index < -0.39 is 5.97 Å². The summed E-state index contributed by atoms with van der Waals surface area (Å²) in [4.78, 5) is 23.1. The monoisotopic (exact) mass is 326 g/mol. The molecule has 0 heterocycles. The van der Waals surface area contributed by atoms with Gasteiger partial charge in [-0.25, -0.2) is 10.2 Å². The van der Waals surface area contributed by atoms with Crippen LogP contribution >= 0.6 is 0 Å². The molecule has 0 saturated heterocycles. The minimum atomic E-state index is -0.459. The van der Waals surface area contributed by atoms with Crippen molar-refractivity contribution < 1.29 is 19.1 Å².